The van der Waals surface area contributed by atoms with Gasteiger partial charge in [-0.3, -0.25) is 9.78 Å². The van der Waals surface area contributed by atoms with Crippen LogP contribution in [0.25, 0.3) is 11.1 Å². The number of aromatic nitrogens is 1. The minimum absolute atomic E-state index is 0.0327. The van der Waals surface area contributed by atoms with Crippen LogP contribution in [0.2, 0.25) is 0 Å². The molecule has 4 aromatic rings. The Morgan fingerprint density at radius 2 is 1.69 bits per heavy atom. The smallest absolute Gasteiger partial charge is 0.254 e. The molecular weight excluding hydrogens is 448 g/mol. The molecule has 0 aliphatic carbocycles. The second kappa shape index (κ2) is 11.6. The van der Waals surface area contributed by atoms with E-state index in [0.717, 1.165) is 47.8 Å². The summed E-state index contributed by atoms with van der Waals surface area (Å²) in [5, 5.41) is 0. The molecule has 1 atom stereocenters. The molecule has 5 heteroatoms. The zero-order valence-corrected chi connectivity index (χ0v) is 20.3. The predicted molar refractivity (Wildman–Crippen MR) is 141 cm³/mol. The largest absolute Gasteiger partial charge is 0.493 e. The van der Waals surface area contributed by atoms with Crippen molar-refractivity contribution in [2.24, 2.45) is 5.92 Å². The van der Waals surface area contributed by atoms with E-state index in [0.29, 0.717) is 31.2 Å². The number of benzene rings is 3. The first kappa shape index (κ1) is 23.8. The van der Waals surface area contributed by atoms with E-state index >= 15 is 0 Å². The van der Waals surface area contributed by atoms with Gasteiger partial charge in [0.1, 0.15) is 5.75 Å². The van der Waals surface area contributed by atoms with Gasteiger partial charge in [0, 0.05) is 30.8 Å². The summed E-state index contributed by atoms with van der Waals surface area (Å²) in [7, 11) is 0. The number of carbonyl (C=O) groups excluding carboxylic acids is 1. The summed E-state index contributed by atoms with van der Waals surface area (Å²) in [4.78, 5) is 19.9. The van der Waals surface area contributed by atoms with Gasteiger partial charge in [-0.05, 0) is 59.5 Å². The maximum Gasteiger partial charge on any atom is 0.254 e. The molecule has 2 heterocycles. The first-order chi connectivity index (χ1) is 17.7. The number of ether oxygens (including phenoxy) is 2. The Labute approximate surface area is 212 Å². The molecule has 182 valence electrons. The van der Waals surface area contributed by atoms with Crippen molar-refractivity contribution in [3.05, 3.63) is 120 Å². The molecule has 5 rings (SSSR count). The molecule has 0 spiro atoms. The lowest BCUT2D eigenvalue weighted by Crippen LogP contribution is -2.30. The fourth-order valence-electron chi connectivity index (χ4n) is 4.39. The summed E-state index contributed by atoms with van der Waals surface area (Å²) in [5.41, 5.74) is 4.73. The van der Waals surface area contributed by atoms with Crippen molar-refractivity contribution in [3.63, 3.8) is 0 Å². The average Bonchev–Trinajstić information content (AvgIpc) is 3.46. The molecule has 1 aliphatic rings. The van der Waals surface area contributed by atoms with E-state index in [1.807, 2.05) is 89.8 Å². The molecule has 0 N–H and O–H groups in total. The molecule has 1 aromatic heterocycles. The maximum absolute atomic E-state index is 13.6. The Morgan fingerprint density at radius 3 is 2.44 bits per heavy atom. The Bertz CT molecular complexity index is 1250. The van der Waals surface area contributed by atoms with Crippen LogP contribution in [0.15, 0.2) is 103 Å². The van der Waals surface area contributed by atoms with E-state index in [4.69, 9.17) is 9.47 Å². The summed E-state index contributed by atoms with van der Waals surface area (Å²) < 4.78 is 11.5. The molecule has 1 aliphatic heterocycles. The summed E-state index contributed by atoms with van der Waals surface area (Å²) in [6.07, 6.45) is 2.79. The van der Waals surface area contributed by atoms with Crippen LogP contribution in [0, 0.1) is 5.92 Å². The van der Waals surface area contributed by atoms with Crippen LogP contribution in [0.5, 0.6) is 5.75 Å². The lowest BCUT2D eigenvalue weighted by atomic mass is 10.0. The molecule has 5 nitrogen and oxygen atoms in total. The van der Waals surface area contributed by atoms with E-state index in [1.54, 1.807) is 6.20 Å². The number of hydrogen-bond acceptors (Lipinski definition) is 4. The Balaban J connectivity index is 1.33. The summed E-state index contributed by atoms with van der Waals surface area (Å²) in [6.45, 7) is 3.10. The molecule has 1 saturated heterocycles. The van der Waals surface area contributed by atoms with Gasteiger partial charge in [-0.15, -0.1) is 0 Å². The third-order valence-electron chi connectivity index (χ3n) is 6.39. The van der Waals surface area contributed by atoms with Crippen LogP contribution >= 0.6 is 0 Å². The minimum atomic E-state index is -0.0327. The van der Waals surface area contributed by atoms with Crippen LogP contribution in [0.4, 0.5) is 0 Å². The minimum Gasteiger partial charge on any atom is -0.493 e. The predicted octanol–water partition coefficient (Wildman–Crippen LogP) is 6.01. The first-order valence-corrected chi connectivity index (χ1v) is 12.4. The van der Waals surface area contributed by atoms with E-state index < -0.39 is 0 Å². The van der Waals surface area contributed by atoms with Crippen molar-refractivity contribution < 1.29 is 14.3 Å². The van der Waals surface area contributed by atoms with E-state index in [9.17, 15) is 4.79 Å². The van der Waals surface area contributed by atoms with Gasteiger partial charge in [0.25, 0.3) is 5.91 Å². The van der Waals surface area contributed by atoms with Crippen molar-refractivity contribution >= 4 is 5.91 Å². The lowest BCUT2D eigenvalue weighted by Gasteiger charge is -2.23. The highest BCUT2D eigenvalue weighted by Gasteiger charge is 2.19. The molecule has 36 heavy (non-hydrogen) atoms. The van der Waals surface area contributed by atoms with Crippen LogP contribution in [0.3, 0.4) is 0 Å². The topological polar surface area (TPSA) is 51.7 Å². The summed E-state index contributed by atoms with van der Waals surface area (Å²) >= 11 is 0. The third-order valence-corrected chi connectivity index (χ3v) is 6.39. The van der Waals surface area contributed by atoms with Gasteiger partial charge in [-0.1, -0.05) is 60.7 Å². The molecular formula is C31H30N2O3. The van der Waals surface area contributed by atoms with E-state index in [1.165, 1.54) is 0 Å². The highest BCUT2D eigenvalue weighted by atomic mass is 16.5. The zero-order valence-electron chi connectivity index (χ0n) is 20.3. The molecule has 3 aromatic carbocycles. The van der Waals surface area contributed by atoms with Crippen molar-refractivity contribution in [2.75, 3.05) is 19.8 Å². The SMILES string of the molecule is O=C(c1ccc(-c2ccccc2)cc1)N(Cc1cccc(OC[C@@H]2CCOC2)c1)Cc1ccccn1. The Kier molecular flexibility index (Phi) is 7.69. The van der Waals surface area contributed by atoms with Crippen LogP contribution in [0.1, 0.15) is 28.0 Å². The first-order valence-electron chi connectivity index (χ1n) is 12.4. The standard InChI is InChI=1S/C31H30N2O3/c34-31(28-14-12-27(13-15-28)26-8-2-1-3-9-26)33(21-29-10-4-5-17-32-29)20-24-7-6-11-30(19-24)36-23-25-16-18-35-22-25/h1-15,17,19,25H,16,18,20-23H2/t25-/m1/s1. The molecule has 0 unspecified atom stereocenters. The van der Waals surface area contributed by atoms with Gasteiger partial charge in [-0.2, -0.15) is 0 Å². The molecule has 1 fully saturated rings. The van der Waals surface area contributed by atoms with Gasteiger partial charge < -0.3 is 14.4 Å². The molecule has 0 radical (unpaired) electrons. The van der Waals surface area contributed by atoms with Crippen molar-refractivity contribution in [2.45, 2.75) is 19.5 Å². The van der Waals surface area contributed by atoms with Crippen molar-refractivity contribution in [3.8, 4) is 16.9 Å². The second-order valence-corrected chi connectivity index (χ2v) is 9.11. The van der Waals surface area contributed by atoms with E-state index in [-0.39, 0.29) is 5.91 Å². The normalized spacial score (nSPS) is 14.9. The lowest BCUT2D eigenvalue weighted by molar-refractivity contribution is 0.0727. The van der Waals surface area contributed by atoms with Gasteiger partial charge in [0.15, 0.2) is 0 Å². The maximum atomic E-state index is 13.6. The van der Waals surface area contributed by atoms with E-state index in [2.05, 4.69) is 17.1 Å². The number of rotatable bonds is 9. The molecule has 0 saturated carbocycles. The number of hydrogen-bond donors (Lipinski definition) is 0. The fraction of sp³-hybridized carbons (Fsp3) is 0.226. The second-order valence-electron chi connectivity index (χ2n) is 9.11. The number of nitrogens with zero attached hydrogens (tertiary/aromatic N) is 2. The number of amides is 1. The van der Waals surface area contributed by atoms with Crippen LogP contribution in [-0.2, 0) is 17.8 Å². The van der Waals surface area contributed by atoms with Gasteiger partial charge in [-0.25, -0.2) is 0 Å². The molecule has 1 amide bonds. The quantitative estimate of drug-likeness (QED) is 0.296. The van der Waals surface area contributed by atoms with Crippen LogP contribution < -0.4 is 4.74 Å². The van der Waals surface area contributed by atoms with Gasteiger partial charge >= 0.3 is 0 Å². The van der Waals surface area contributed by atoms with Crippen molar-refractivity contribution in [1.29, 1.82) is 0 Å². The van der Waals surface area contributed by atoms with Crippen LogP contribution in [-0.4, -0.2) is 35.6 Å². The van der Waals surface area contributed by atoms with Crippen molar-refractivity contribution in [1.82, 2.24) is 9.88 Å². The molecule has 0 bridgehead atoms. The Hall–Kier alpha value is -3.96. The summed E-state index contributed by atoms with van der Waals surface area (Å²) in [6, 6.07) is 31.8. The van der Waals surface area contributed by atoms with Gasteiger partial charge in [0.05, 0.1) is 25.5 Å². The highest BCUT2D eigenvalue weighted by molar-refractivity contribution is 5.94. The Morgan fingerprint density at radius 1 is 0.889 bits per heavy atom. The number of pyridine rings is 1. The third kappa shape index (κ3) is 6.18. The number of carbonyl (C=O) groups is 1. The monoisotopic (exact) mass is 478 g/mol. The average molecular weight is 479 g/mol. The zero-order chi connectivity index (χ0) is 24.6. The fourth-order valence-corrected chi connectivity index (χ4v) is 4.39. The highest BCUT2D eigenvalue weighted by Crippen LogP contribution is 2.22. The van der Waals surface area contributed by atoms with Gasteiger partial charge in [0.2, 0.25) is 0 Å². The summed E-state index contributed by atoms with van der Waals surface area (Å²) in [5.74, 6) is 1.22.